The fourth-order valence-corrected chi connectivity index (χ4v) is 3.38. The molecule has 0 spiro atoms. The highest BCUT2D eigenvalue weighted by Crippen LogP contribution is 2.33. The zero-order valence-electron chi connectivity index (χ0n) is 14.0. The monoisotopic (exact) mass is 358 g/mol. The van der Waals surface area contributed by atoms with Crippen molar-refractivity contribution in [2.75, 3.05) is 31.2 Å². The number of nitrogens with zero attached hydrogens (tertiary/aromatic N) is 4. The van der Waals surface area contributed by atoms with Gasteiger partial charge in [0.15, 0.2) is 5.69 Å². The number of carbonyl (C=O) groups excluding carboxylic acids is 1. The molecule has 0 radical (unpaired) electrons. The van der Waals surface area contributed by atoms with Crippen molar-refractivity contribution in [2.24, 2.45) is 0 Å². The molecule has 1 unspecified atom stereocenters. The molecule has 1 amide bonds. The van der Waals surface area contributed by atoms with Crippen LogP contribution in [0, 0.1) is 0 Å². The quantitative estimate of drug-likeness (QED) is 0.844. The molecule has 6 nitrogen and oxygen atoms in total. The van der Waals surface area contributed by atoms with Crippen LogP contribution in [0.15, 0.2) is 30.5 Å². The molecule has 0 saturated carbocycles. The minimum Gasteiger partial charge on any atom is -0.378 e. The summed E-state index contributed by atoms with van der Waals surface area (Å²) >= 11 is 5.94. The van der Waals surface area contributed by atoms with Gasteiger partial charge in [-0.15, -0.1) is 0 Å². The number of rotatable bonds is 3. The second-order valence-electron chi connectivity index (χ2n) is 6.30. The second kappa shape index (κ2) is 6.61. The Kier molecular flexibility index (Phi) is 4.31. The fraction of sp³-hybridized carbons (Fsp3) is 0.389. The van der Waals surface area contributed by atoms with E-state index in [4.69, 9.17) is 21.3 Å². The average Bonchev–Trinajstić information content (AvgIpc) is 2.89. The molecule has 2 aliphatic rings. The Morgan fingerprint density at radius 2 is 1.96 bits per heavy atom. The second-order valence-corrected chi connectivity index (χ2v) is 6.73. The molecule has 3 heterocycles. The summed E-state index contributed by atoms with van der Waals surface area (Å²) in [4.78, 5) is 25.8. The lowest BCUT2D eigenvalue weighted by atomic mass is 10.2. The van der Waals surface area contributed by atoms with E-state index in [-0.39, 0.29) is 11.9 Å². The molecule has 25 heavy (non-hydrogen) atoms. The van der Waals surface area contributed by atoms with Crippen LogP contribution in [0.25, 0.3) is 0 Å². The maximum atomic E-state index is 12.7. The van der Waals surface area contributed by atoms with E-state index < -0.39 is 0 Å². The van der Waals surface area contributed by atoms with Crippen LogP contribution in [0.4, 0.5) is 5.82 Å². The Balaban J connectivity index is 1.58. The van der Waals surface area contributed by atoms with E-state index in [0.717, 1.165) is 30.2 Å². The summed E-state index contributed by atoms with van der Waals surface area (Å²) in [6.07, 6.45) is 1.70. The molecule has 1 aromatic heterocycles. The number of anilines is 1. The van der Waals surface area contributed by atoms with Crippen LogP contribution in [0.3, 0.4) is 0 Å². The summed E-state index contributed by atoms with van der Waals surface area (Å²) < 4.78 is 5.38. The summed E-state index contributed by atoms with van der Waals surface area (Å²) in [5.41, 5.74) is 2.24. The predicted octanol–water partition coefficient (Wildman–Crippen LogP) is 2.68. The Morgan fingerprint density at radius 3 is 2.68 bits per heavy atom. The van der Waals surface area contributed by atoms with Crippen LogP contribution in [-0.2, 0) is 11.3 Å². The van der Waals surface area contributed by atoms with Crippen molar-refractivity contribution in [1.82, 2.24) is 14.9 Å². The van der Waals surface area contributed by atoms with E-state index in [0.29, 0.717) is 30.5 Å². The largest absolute Gasteiger partial charge is 0.378 e. The molecule has 2 aliphatic heterocycles. The lowest BCUT2D eigenvalue weighted by Gasteiger charge is -2.28. The van der Waals surface area contributed by atoms with E-state index in [9.17, 15) is 4.79 Å². The lowest BCUT2D eigenvalue weighted by molar-refractivity contribution is 0.0718. The van der Waals surface area contributed by atoms with E-state index in [1.54, 1.807) is 11.1 Å². The third kappa shape index (κ3) is 3.07. The molecule has 1 fully saturated rings. The summed E-state index contributed by atoms with van der Waals surface area (Å²) in [6.45, 7) is 5.49. The Bertz CT molecular complexity index is 790. The standard InChI is InChI=1S/C18H19ClN4O2/c1-12-16-17(20-10-15(21-16)22-6-8-25-9-7-22)18(24)23(12)11-13-2-4-14(19)5-3-13/h2-5,10,12H,6-9,11H2,1H3. The summed E-state index contributed by atoms with van der Waals surface area (Å²) in [5.74, 6) is 0.744. The van der Waals surface area contributed by atoms with Crippen LogP contribution in [0.1, 0.15) is 34.7 Å². The van der Waals surface area contributed by atoms with Gasteiger partial charge < -0.3 is 14.5 Å². The van der Waals surface area contributed by atoms with E-state index in [2.05, 4.69) is 9.88 Å². The van der Waals surface area contributed by atoms with Gasteiger partial charge in [0.25, 0.3) is 5.91 Å². The van der Waals surface area contributed by atoms with Crippen LogP contribution in [-0.4, -0.2) is 47.1 Å². The number of morpholine rings is 1. The first kappa shape index (κ1) is 16.3. The van der Waals surface area contributed by atoms with Crippen molar-refractivity contribution < 1.29 is 9.53 Å². The third-order valence-electron chi connectivity index (χ3n) is 4.71. The minimum absolute atomic E-state index is 0.0709. The number of ether oxygens (including phenoxy) is 1. The minimum atomic E-state index is -0.105. The number of halogens is 1. The molecule has 1 aromatic carbocycles. The number of aromatic nitrogens is 2. The number of benzene rings is 1. The van der Waals surface area contributed by atoms with Crippen molar-refractivity contribution in [3.63, 3.8) is 0 Å². The fourth-order valence-electron chi connectivity index (χ4n) is 3.25. The van der Waals surface area contributed by atoms with Crippen molar-refractivity contribution in [1.29, 1.82) is 0 Å². The van der Waals surface area contributed by atoms with Crippen LogP contribution >= 0.6 is 11.6 Å². The summed E-state index contributed by atoms with van der Waals surface area (Å²) in [5, 5.41) is 0.686. The highest BCUT2D eigenvalue weighted by Gasteiger charge is 2.37. The molecule has 4 rings (SSSR count). The highest BCUT2D eigenvalue weighted by atomic mass is 35.5. The topological polar surface area (TPSA) is 58.6 Å². The van der Waals surface area contributed by atoms with Gasteiger partial charge in [0.05, 0.1) is 31.1 Å². The molecular formula is C18H19ClN4O2. The van der Waals surface area contributed by atoms with Gasteiger partial charge in [0, 0.05) is 24.7 Å². The third-order valence-corrected chi connectivity index (χ3v) is 4.97. The molecule has 0 N–H and O–H groups in total. The smallest absolute Gasteiger partial charge is 0.275 e. The lowest BCUT2D eigenvalue weighted by Crippen LogP contribution is -2.37. The summed E-state index contributed by atoms with van der Waals surface area (Å²) in [6, 6.07) is 7.44. The van der Waals surface area contributed by atoms with Gasteiger partial charge in [-0.3, -0.25) is 4.79 Å². The average molecular weight is 359 g/mol. The molecular weight excluding hydrogens is 340 g/mol. The summed E-state index contributed by atoms with van der Waals surface area (Å²) in [7, 11) is 0. The number of hydrogen-bond acceptors (Lipinski definition) is 5. The molecule has 0 aliphatic carbocycles. The number of carbonyl (C=O) groups is 1. The maximum absolute atomic E-state index is 12.7. The molecule has 2 aromatic rings. The number of amides is 1. The van der Waals surface area contributed by atoms with Crippen LogP contribution in [0.5, 0.6) is 0 Å². The van der Waals surface area contributed by atoms with Gasteiger partial charge in [-0.25, -0.2) is 9.97 Å². The van der Waals surface area contributed by atoms with Gasteiger partial charge in [-0.1, -0.05) is 23.7 Å². The van der Waals surface area contributed by atoms with Crippen molar-refractivity contribution in [3.05, 3.63) is 52.4 Å². The molecule has 1 atom stereocenters. The van der Waals surface area contributed by atoms with Gasteiger partial charge in [-0.2, -0.15) is 0 Å². The van der Waals surface area contributed by atoms with Gasteiger partial charge >= 0.3 is 0 Å². The molecule has 1 saturated heterocycles. The maximum Gasteiger partial charge on any atom is 0.275 e. The zero-order valence-corrected chi connectivity index (χ0v) is 14.7. The van der Waals surface area contributed by atoms with Crippen molar-refractivity contribution >= 4 is 23.3 Å². The van der Waals surface area contributed by atoms with Gasteiger partial charge in [-0.05, 0) is 24.6 Å². The molecule has 0 bridgehead atoms. The number of hydrogen-bond donors (Lipinski definition) is 0. The first-order valence-electron chi connectivity index (χ1n) is 8.38. The SMILES string of the molecule is CC1c2nc(N3CCOCC3)cnc2C(=O)N1Cc1ccc(Cl)cc1. The van der Waals surface area contributed by atoms with Crippen LogP contribution in [0.2, 0.25) is 5.02 Å². The van der Waals surface area contributed by atoms with Crippen molar-refractivity contribution in [2.45, 2.75) is 19.5 Å². The highest BCUT2D eigenvalue weighted by molar-refractivity contribution is 6.30. The van der Waals surface area contributed by atoms with Gasteiger partial charge in [0.2, 0.25) is 0 Å². The molecule has 7 heteroatoms. The first-order chi connectivity index (χ1) is 12.1. The van der Waals surface area contributed by atoms with E-state index in [1.165, 1.54) is 0 Å². The normalized spacial score (nSPS) is 20.1. The Morgan fingerprint density at radius 1 is 1.24 bits per heavy atom. The van der Waals surface area contributed by atoms with E-state index >= 15 is 0 Å². The van der Waals surface area contributed by atoms with E-state index in [1.807, 2.05) is 31.2 Å². The van der Waals surface area contributed by atoms with Crippen molar-refractivity contribution in [3.8, 4) is 0 Å². The number of fused-ring (bicyclic) bond motifs is 1. The predicted molar refractivity (Wildman–Crippen MR) is 94.8 cm³/mol. The van der Waals surface area contributed by atoms with Crippen LogP contribution < -0.4 is 4.90 Å². The Labute approximate surface area is 151 Å². The Hall–Kier alpha value is -2.18. The first-order valence-corrected chi connectivity index (χ1v) is 8.76. The zero-order chi connectivity index (χ0) is 17.4. The van der Waals surface area contributed by atoms with Gasteiger partial charge in [0.1, 0.15) is 5.82 Å². The molecule has 130 valence electrons.